The molecule has 5 nitrogen and oxygen atoms in total. The Morgan fingerprint density at radius 3 is 2.50 bits per heavy atom. The van der Waals surface area contributed by atoms with Gasteiger partial charge in [-0.1, -0.05) is 42.1 Å². The molecule has 0 spiro atoms. The normalized spacial score (nSPS) is 10.1. The van der Waals surface area contributed by atoms with Gasteiger partial charge in [-0.25, -0.2) is 0 Å². The molecular weight excluding hydrogens is 416 g/mol. The van der Waals surface area contributed by atoms with Crippen molar-refractivity contribution < 1.29 is 14.3 Å². The first kappa shape index (κ1) is 19.0. The van der Waals surface area contributed by atoms with E-state index in [-0.39, 0.29) is 12.5 Å². The topological polar surface area (TPSA) is 67.4 Å². The van der Waals surface area contributed by atoms with Crippen molar-refractivity contribution >= 4 is 43.7 Å². The van der Waals surface area contributed by atoms with E-state index in [1.165, 1.54) is 0 Å². The third-order valence-electron chi connectivity index (χ3n) is 2.85. The van der Waals surface area contributed by atoms with Crippen molar-refractivity contribution in [3.8, 4) is 5.75 Å². The lowest BCUT2D eigenvalue weighted by Crippen LogP contribution is -2.43. The quantitative estimate of drug-likeness (QED) is 0.483. The van der Waals surface area contributed by atoms with Crippen molar-refractivity contribution in [2.75, 3.05) is 6.61 Å². The minimum atomic E-state index is -0.406. The summed E-state index contributed by atoms with van der Waals surface area (Å²) in [6.45, 7) is 1.94. The highest BCUT2D eigenvalue weighted by Crippen LogP contribution is 2.27. The molecule has 0 heterocycles. The number of halogens is 2. The molecule has 2 N–H and O–H groups in total. The Morgan fingerprint density at radius 1 is 1.09 bits per heavy atom. The number of carbonyl (C=O) groups excluding carboxylic acids is 2. The van der Waals surface area contributed by atoms with Gasteiger partial charge < -0.3 is 4.74 Å². The fraction of sp³-hybridized carbons (Fsp3) is 0.467. The van der Waals surface area contributed by atoms with Crippen molar-refractivity contribution in [1.29, 1.82) is 0 Å². The van der Waals surface area contributed by atoms with Crippen molar-refractivity contribution in [2.45, 2.75) is 39.0 Å². The van der Waals surface area contributed by atoms with Gasteiger partial charge in [-0.3, -0.25) is 20.4 Å². The van der Waals surface area contributed by atoms with Crippen LogP contribution in [0.3, 0.4) is 0 Å². The average Bonchev–Trinajstić information content (AvgIpc) is 2.48. The Hall–Kier alpha value is -1.08. The third kappa shape index (κ3) is 7.79. The standard InChI is InChI=1S/C15H20Br2N2O3/c1-2-3-4-5-6-14(20)18-19-15(21)10-22-13-8-7-11(16)9-12(13)17/h7-9H,2-6,10H2,1H3,(H,18,20)(H,19,21). The van der Waals surface area contributed by atoms with Gasteiger partial charge in [0.2, 0.25) is 5.91 Å². The fourth-order valence-electron chi connectivity index (χ4n) is 1.69. The molecule has 0 radical (unpaired) electrons. The highest BCUT2D eigenvalue weighted by Gasteiger charge is 2.07. The minimum Gasteiger partial charge on any atom is -0.483 e. The Labute approximate surface area is 147 Å². The van der Waals surface area contributed by atoms with Gasteiger partial charge in [-0.2, -0.15) is 0 Å². The van der Waals surface area contributed by atoms with Gasteiger partial charge in [0.15, 0.2) is 6.61 Å². The van der Waals surface area contributed by atoms with E-state index in [0.29, 0.717) is 12.2 Å². The summed E-state index contributed by atoms with van der Waals surface area (Å²) in [6.07, 6.45) is 4.52. The Morgan fingerprint density at radius 2 is 1.82 bits per heavy atom. The van der Waals surface area contributed by atoms with E-state index >= 15 is 0 Å². The zero-order valence-electron chi connectivity index (χ0n) is 12.5. The highest BCUT2D eigenvalue weighted by atomic mass is 79.9. The summed E-state index contributed by atoms with van der Waals surface area (Å²) in [7, 11) is 0. The maximum atomic E-state index is 11.6. The van der Waals surface area contributed by atoms with Gasteiger partial charge in [-0.15, -0.1) is 0 Å². The smallest absolute Gasteiger partial charge is 0.276 e. The molecule has 0 fully saturated rings. The van der Waals surface area contributed by atoms with Crippen LogP contribution in [0.15, 0.2) is 27.1 Å². The number of hydrazine groups is 1. The number of amides is 2. The lowest BCUT2D eigenvalue weighted by Gasteiger charge is -2.10. The van der Waals surface area contributed by atoms with Crippen LogP contribution in [0.25, 0.3) is 0 Å². The molecule has 22 heavy (non-hydrogen) atoms. The van der Waals surface area contributed by atoms with E-state index in [1.54, 1.807) is 6.07 Å². The lowest BCUT2D eigenvalue weighted by molar-refractivity contribution is -0.130. The number of benzene rings is 1. The van der Waals surface area contributed by atoms with Gasteiger partial charge in [0, 0.05) is 10.9 Å². The molecule has 1 aromatic rings. The zero-order valence-corrected chi connectivity index (χ0v) is 15.6. The number of carbonyl (C=O) groups is 2. The van der Waals surface area contributed by atoms with Crippen LogP contribution in [0.4, 0.5) is 0 Å². The van der Waals surface area contributed by atoms with Crippen LogP contribution in [0.5, 0.6) is 5.75 Å². The van der Waals surface area contributed by atoms with Crippen molar-refractivity contribution in [1.82, 2.24) is 10.9 Å². The van der Waals surface area contributed by atoms with Crippen molar-refractivity contribution in [3.05, 3.63) is 27.1 Å². The van der Waals surface area contributed by atoms with Gasteiger partial charge in [0.1, 0.15) is 5.75 Å². The van der Waals surface area contributed by atoms with E-state index in [4.69, 9.17) is 4.74 Å². The molecule has 0 saturated heterocycles. The molecule has 0 aromatic heterocycles. The largest absolute Gasteiger partial charge is 0.483 e. The Balaban J connectivity index is 2.22. The lowest BCUT2D eigenvalue weighted by atomic mass is 10.1. The number of nitrogens with one attached hydrogen (secondary N) is 2. The summed E-state index contributed by atoms with van der Waals surface area (Å²) in [4.78, 5) is 23.1. The zero-order chi connectivity index (χ0) is 16.4. The summed E-state index contributed by atoms with van der Waals surface area (Å²) in [5.41, 5.74) is 4.72. The van der Waals surface area contributed by atoms with Crippen LogP contribution in [0.1, 0.15) is 39.0 Å². The number of hydrogen-bond donors (Lipinski definition) is 2. The number of rotatable bonds is 8. The van der Waals surface area contributed by atoms with E-state index < -0.39 is 5.91 Å². The van der Waals surface area contributed by atoms with Gasteiger partial charge in [-0.05, 0) is 40.5 Å². The maximum absolute atomic E-state index is 11.6. The van der Waals surface area contributed by atoms with Crippen molar-refractivity contribution in [2.24, 2.45) is 0 Å². The van der Waals surface area contributed by atoms with Crippen LogP contribution < -0.4 is 15.6 Å². The second-order valence-electron chi connectivity index (χ2n) is 4.77. The molecule has 2 amide bonds. The second kappa shape index (κ2) is 10.6. The molecule has 0 aliphatic carbocycles. The first-order chi connectivity index (χ1) is 10.5. The highest BCUT2D eigenvalue weighted by molar-refractivity contribution is 9.11. The molecule has 1 rings (SSSR count). The monoisotopic (exact) mass is 434 g/mol. The van der Waals surface area contributed by atoms with Crippen LogP contribution in [0.2, 0.25) is 0 Å². The van der Waals surface area contributed by atoms with Crippen LogP contribution >= 0.6 is 31.9 Å². The van der Waals surface area contributed by atoms with E-state index in [9.17, 15) is 9.59 Å². The van der Waals surface area contributed by atoms with Crippen LogP contribution in [-0.4, -0.2) is 18.4 Å². The van der Waals surface area contributed by atoms with Crippen LogP contribution in [0, 0.1) is 0 Å². The molecule has 0 atom stereocenters. The van der Waals surface area contributed by atoms with Crippen molar-refractivity contribution in [3.63, 3.8) is 0 Å². The summed E-state index contributed by atoms with van der Waals surface area (Å²) < 4.78 is 7.02. The SMILES string of the molecule is CCCCCCC(=O)NNC(=O)COc1ccc(Br)cc1Br. The molecule has 1 aromatic carbocycles. The van der Waals surface area contributed by atoms with E-state index in [1.807, 2.05) is 12.1 Å². The number of ether oxygens (including phenoxy) is 1. The second-order valence-corrected chi connectivity index (χ2v) is 6.54. The van der Waals surface area contributed by atoms with E-state index in [0.717, 1.165) is 34.6 Å². The average molecular weight is 436 g/mol. The molecule has 0 unspecified atom stereocenters. The maximum Gasteiger partial charge on any atom is 0.276 e. The Bertz CT molecular complexity index is 510. The molecule has 7 heteroatoms. The van der Waals surface area contributed by atoms with E-state index in [2.05, 4.69) is 49.6 Å². The molecule has 0 aliphatic heterocycles. The van der Waals surface area contributed by atoms with Crippen LogP contribution in [-0.2, 0) is 9.59 Å². The molecule has 122 valence electrons. The molecule has 0 saturated carbocycles. The first-order valence-corrected chi connectivity index (χ1v) is 8.77. The summed E-state index contributed by atoms with van der Waals surface area (Å²) in [6, 6.07) is 5.38. The third-order valence-corrected chi connectivity index (χ3v) is 3.96. The Kier molecular flexibility index (Phi) is 9.15. The molecule has 0 aliphatic rings. The number of hydrogen-bond acceptors (Lipinski definition) is 3. The predicted octanol–water partition coefficient (Wildman–Crippen LogP) is 3.71. The van der Waals surface area contributed by atoms with Gasteiger partial charge in [0.05, 0.1) is 4.47 Å². The summed E-state index contributed by atoms with van der Waals surface area (Å²) in [5.74, 6) is -0.0322. The first-order valence-electron chi connectivity index (χ1n) is 7.18. The molecule has 0 bridgehead atoms. The van der Waals surface area contributed by atoms with Gasteiger partial charge >= 0.3 is 0 Å². The fourth-order valence-corrected chi connectivity index (χ4v) is 2.85. The predicted molar refractivity (Wildman–Crippen MR) is 92.4 cm³/mol. The molecular formula is C15H20Br2N2O3. The van der Waals surface area contributed by atoms with Gasteiger partial charge in [0.25, 0.3) is 5.91 Å². The summed E-state index contributed by atoms with van der Waals surface area (Å²) >= 11 is 6.68. The number of unbranched alkanes of at least 4 members (excludes halogenated alkanes) is 3. The minimum absolute atomic E-state index is 0.170. The summed E-state index contributed by atoms with van der Waals surface area (Å²) in [5, 5.41) is 0.